The van der Waals surface area contributed by atoms with E-state index in [0.29, 0.717) is 18.5 Å². The lowest BCUT2D eigenvalue weighted by atomic mass is 10.1. The molecule has 1 aliphatic heterocycles. The maximum atomic E-state index is 13.1. The minimum Gasteiger partial charge on any atom is -0.335 e. The number of sulfone groups is 1. The Morgan fingerprint density at radius 2 is 1.96 bits per heavy atom. The zero-order valence-electron chi connectivity index (χ0n) is 16.2. The fourth-order valence-corrected chi connectivity index (χ4v) is 5.33. The van der Waals surface area contributed by atoms with Gasteiger partial charge in [-0.15, -0.1) is 0 Å². The monoisotopic (exact) mass is 389 g/mol. The lowest BCUT2D eigenvalue weighted by Gasteiger charge is -2.28. The standard InChI is InChI=1S/C20H27N3O3S/c1-4-5-11-22(19-10-12-27(25,26)14-19)20(24)17-6-8-18(9-7-17)23-16(3)13-15(2)21-23/h6-9,13,19H,4-5,10-12,14H2,1-3H3/t19-/m1/s1. The molecule has 7 heteroatoms. The molecule has 1 aliphatic rings. The first kappa shape index (κ1) is 19.6. The van der Waals surface area contributed by atoms with E-state index in [0.717, 1.165) is 29.9 Å². The zero-order chi connectivity index (χ0) is 19.6. The average Bonchev–Trinajstić information content (AvgIpc) is 3.16. The van der Waals surface area contributed by atoms with Crippen LogP contribution in [0.2, 0.25) is 0 Å². The fourth-order valence-electron chi connectivity index (χ4n) is 3.60. The van der Waals surface area contributed by atoms with Gasteiger partial charge in [-0.3, -0.25) is 4.79 Å². The van der Waals surface area contributed by atoms with E-state index < -0.39 is 9.84 Å². The molecule has 0 N–H and O–H groups in total. The molecule has 0 saturated carbocycles. The summed E-state index contributed by atoms with van der Waals surface area (Å²) in [6, 6.07) is 9.16. The lowest BCUT2D eigenvalue weighted by molar-refractivity contribution is 0.0694. The molecule has 1 fully saturated rings. The Kier molecular flexibility index (Phi) is 5.69. The van der Waals surface area contributed by atoms with Gasteiger partial charge >= 0.3 is 0 Å². The number of unbranched alkanes of at least 4 members (excludes halogenated alkanes) is 1. The summed E-state index contributed by atoms with van der Waals surface area (Å²) >= 11 is 0. The summed E-state index contributed by atoms with van der Waals surface area (Å²) in [5, 5.41) is 4.46. The Balaban J connectivity index is 1.82. The van der Waals surface area contributed by atoms with E-state index in [4.69, 9.17) is 0 Å². The number of benzene rings is 1. The minimum absolute atomic E-state index is 0.0757. The van der Waals surface area contributed by atoms with Crippen molar-refractivity contribution in [1.29, 1.82) is 0 Å². The van der Waals surface area contributed by atoms with Crippen molar-refractivity contribution in [2.45, 2.75) is 46.1 Å². The number of carbonyl (C=O) groups excluding carboxylic acids is 1. The van der Waals surface area contributed by atoms with Gasteiger partial charge in [0.15, 0.2) is 9.84 Å². The maximum Gasteiger partial charge on any atom is 0.254 e. The third kappa shape index (κ3) is 4.40. The molecular weight excluding hydrogens is 362 g/mol. The molecule has 6 nitrogen and oxygen atoms in total. The summed E-state index contributed by atoms with van der Waals surface area (Å²) in [7, 11) is -3.03. The Morgan fingerprint density at radius 3 is 2.48 bits per heavy atom. The number of hydrogen-bond acceptors (Lipinski definition) is 4. The lowest BCUT2D eigenvalue weighted by Crippen LogP contribution is -2.41. The van der Waals surface area contributed by atoms with Gasteiger partial charge in [0.1, 0.15) is 0 Å². The highest BCUT2D eigenvalue weighted by molar-refractivity contribution is 7.91. The smallest absolute Gasteiger partial charge is 0.254 e. The maximum absolute atomic E-state index is 13.1. The summed E-state index contributed by atoms with van der Waals surface area (Å²) in [5.41, 5.74) is 3.47. The molecule has 1 atom stereocenters. The second kappa shape index (κ2) is 7.84. The van der Waals surface area contributed by atoms with Crippen LogP contribution in [-0.4, -0.2) is 53.1 Å². The van der Waals surface area contributed by atoms with Crippen molar-refractivity contribution < 1.29 is 13.2 Å². The van der Waals surface area contributed by atoms with Crippen LogP contribution in [0.25, 0.3) is 5.69 Å². The van der Waals surface area contributed by atoms with E-state index in [-0.39, 0.29) is 23.5 Å². The molecule has 0 unspecified atom stereocenters. The molecule has 146 valence electrons. The third-order valence-corrected chi connectivity index (χ3v) is 6.78. The van der Waals surface area contributed by atoms with E-state index in [1.165, 1.54) is 0 Å². The van der Waals surface area contributed by atoms with Gasteiger partial charge in [-0.25, -0.2) is 13.1 Å². The van der Waals surface area contributed by atoms with Gasteiger partial charge in [-0.2, -0.15) is 5.10 Å². The summed E-state index contributed by atoms with van der Waals surface area (Å²) in [5.74, 6) is 0.155. The van der Waals surface area contributed by atoms with E-state index in [1.807, 2.05) is 36.7 Å². The number of hydrogen-bond donors (Lipinski definition) is 0. The predicted molar refractivity (Wildman–Crippen MR) is 106 cm³/mol. The summed E-state index contributed by atoms with van der Waals surface area (Å²) in [6.07, 6.45) is 2.36. The molecule has 27 heavy (non-hydrogen) atoms. The number of amides is 1. The highest BCUT2D eigenvalue weighted by atomic mass is 32.2. The molecule has 0 radical (unpaired) electrons. The van der Waals surface area contributed by atoms with Crippen molar-refractivity contribution in [2.75, 3.05) is 18.1 Å². The topological polar surface area (TPSA) is 72.3 Å². The molecule has 1 saturated heterocycles. The van der Waals surface area contributed by atoms with Crippen LogP contribution in [-0.2, 0) is 9.84 Å². The highest BCUT2D eigenvalue weighted by Gasteiger charge is 2.34. The Labute approximate surface area is 161 Å². The molecule has 0 bridgehead atoms. The number of aromatic nitrogens is 2. The number of aryl methyl sites for hydroxylation is 2. The first-order valence-corrected chi connectivity index (χ1v) is 11.3. The van der Waals surface area contributed by atoms with Crippen molar-refractivity contribution in [3.05, 3.63) is 47.3 Å². The predicted octanol–water partition coefficient (Wildman–Crippen LogP) is 2.92. The van der Waals surface area contributed by atoms with Crippen molar-refractivity contribution in [3.63, 3.8) is 0 Å². The Morgan fingerprint density at radius 1 is 1.26 bits per heavy atom. The summed E-state index contributed by atoms with van der Waals surface area (Å²) in [4.78, 5) is 14.8. The van der Waals surface area contributed by atoms with Crippen LogP contribution >= 0.6 is 0 Å². The summed E-state index contributed by atoms with van der Waals surface area (Å²) < 4.78 is 25.6. The third-order valence-electron chi connectivity index (χ3n) is 5.03. The molecule has 2 aromatic rings. The molecule has 3 rings (SSSR count). The highest BCUT2D eigenvalue weighted by Crippen LogP contribution is 2.21. The largest absolute Gasteiger partial charge is 0.335 e. The van der Waals surface area contributed by atoms with Crippen LogP contribution in [0, 0.1) is 13.8 Å². The molecule has 2 heterocycles. The van der Waals surface area contributed by atoms with Gasteiger partial charge in [0, 0.05) is 23.8 Å². The van der Waals surface area contributed by atoms with Crippen molar-refractivity contribution in [1.82, 2.24) is 14.7 Å². The molecule has 0 spiro atoms. The van der Waals surface area contributed by atoms with Crippen LogP contribution in [0.1, 0.15) is 47.9 Å². The van der Waals surface area contributed by atoms with Crippen molar-refractivity contribution in [3.8, 4) is 5.69 Å². The SMILES string of the molecule is CCCCN(C(=O)c1ccc(-n2nc(C)cc2C)cc1)[C@@H]1CCS(=O)(=O)C1. The van der Waals surface area contributed by atoms with Crippen LogP contribution in [0.5, 0.6) is 0 Å². The first-order chi connectivity index (χ1) is 12.8. The molecule has 1 amide bonds. The quantitative estimate of drug-likeness (QED) is 0.761. The second-order valence-electron chi connectivity index (χ2n) is 7.29. The van der Waals surface area contributed by atoms with Crippen LogP contribution in [0.15, 0.2) is 30.3 Å². The molecule has 1 aromatic heterocycles. The fraction of sp³-hybridized carbons (Fsp3) is 0.500. The average molecular weight is 390 g/mol. The van der Waals surface area contributed by atoms with Gasteiger partial charge in [-0.1, -0.05) is 13.3 Å². The van der Waals surface area contributed by atoms with Crippen LogP contribution < -0.4 is 0 Å². The number of carbonyl (C=O) groups is 1. The number of rotatable bonds is 6. The van der Waals surface area contributed by atoms with E-state index in [9.17, 15) is 13.2 Å². The normalized spacial score (nSPS) is 18.6. The van der Waals surface area contributed by atoms with Gasteiger partial charge < -0.3 is 4.90 Å². The van der Waals surface area contributed by atoms with E-state index in [1.54, 1.807) is 17.0 Å². The first-order valence-electron chi connectivity index (χ1n) is 9.46. The van der Waals surface area contributed by atoms with Gasteiger partial charge in [0.05, 0.1) is 22.9 Å². The Bertz CT molecular complexity index is 916. The van der Waals surface area contributed by atoms with Gasteiger partial charge in [0.2, 0.25) is 0 Å². The van der Waals surface area contributed by atoms with Gasteiger partial charge in [-0.05, 0) is 57.0 Å². The summed E-state index contributed by atoms with van der Waals surface area (Å²) in [6.45, 7) is 6.60. The molecule has 0 aliphatic carbocycles. The zero-order valence-corrected chi connectivity index (χ0v) is 17.0. The second-order valence-corrected chi connectivity index (χ2v) is 9.52. The van der Waals surface area contributed by atoms with Crippen LogP contribution in [0.3, 0.4) is 0 Å². The van der Waals surface area contributed by atoms with Gasteiger partial charge in [0.25, 0.3) is 5.91 Å². The Hall–Kier alpha value is -2.15. The van der Waals surface area contributed by atoms with Crippen molar-refractivity contribution >= 4 is 15.7 Å². The van der Waals surface area contributed by atoms with E-state index >= 15 is 0 Å². The van der Waals surface area contributed by atoms with Crippen LogP contribution in [0.4, 0.5) is 0 Å². The van der Waals surface area contributed by atoms with Crippen molar-refractivity contribution in [2.24, 2.45) is 0 Å². The molecule has 1 aromatic carbocycles. The van der Waals surface area contributed by atoms with E-state index in [2.05, 4.69) is 12.0 Å². The minimum atomic E-state index is -3.03. The number of nitrogens with zero attached hydrogens (tertiary/aromatic N) is 3. The molecular formula is C20H27N3O3S.